The van der Waals surface area contributed by atoms with Gasteiger partial charge in [-0.25, -0.2) is 0 Å². The van der Waals surface area contributed by atoms with E-state index in [1.165, 1.54) is 18.2 Å². The van der Waals surface area contributed by atoms with Crippen LogP contribution in [0.15, 0.2) is 18.2 Å². The van der Waals surface area contributed by atoms with Gasteiger partial charge in [0.1, 0.15) is 6.29 Å². The minimum Gasteiger partial charge on any atom is -0.298 e. The SMILES string of the molecule is O=Cc1ccc([N+](=O)[O-])c(I)c1. The second-order valence-electron chi connectivity index (χ2n) is 2.09. The summed E-state index contributed by atoms with van der Waals surface area (Å²) < 4.78 is 0.474. The first-order chi connectivity index (χ1) is 5.65. The molecule has 0 radical (unpaired) electrons. The Bertz CT molecular complexity index is 337. The molecule has 62 valence electrons. The first kappa shape index (κ1) is 9.11. The molecule has 12 heavy (non-hydrogen) atoms. The summed E-state index contributed by atoms with van der Waals surface area (Å²) in [7, 11) is 0. The van der Waals surface area contributed by atoms with Crippen molar-refractivity contribution in [1.82, 2.24) is 0 Å². The Hall–Kier alpha value is -0.980. The average molecular weight is 277 g/mol. The third kappa shape index (κ3) is 1.79. The van der Waals surface area contributed by atoms with Crippen molar-refractivity contribution in [2.75, 3.05) is 0 Å². The molecule has 0 saturated carbocycles. The van der Waals surface area contributed by atoms with Crippen molar-refractivity contribution in [1.29, 1.82) is 0 Å². The molecule has 0 atom stereocenters. The largest absolute Gasteiger partial charge is 0.298 e. The molecule has 0 unspecified atom stereocenters. The van der Waals surface area contributed by atoms with Gasteiger partial charge in [0.2, 0.25) is 0 Å². The molecule has 0 heterocycles. The monoisotopic (exact) mass is 277 g/mol. The van der Waals surface area contributed by atoms with Crippen LogP contribution in [-0.2, 0) is 0 Å². The summed E-state index contributed by atoms with van der Waals surface area (Å²) >= 11 is 1.82. The fourth-order valence-corrected chi connectivity index (χ4v) is 1.48. The van der Waals surface area contributed by atoms with Crippen LogP contribution in [0.25, 0.3) is 0 Å². The van der Waals surface area contributed by atoms with Crippen LogP contribution in [0.1, 0.15) is 10.4 Å². The van der Waals surface area contributed by atoms with Gasteiger partial charge in [-0.3, -0.25) is 14.9 Å². The molecule has 0 N–H and O–H groups in total. The Labute approximate surface area is 81.9 Å². The van der Waals surface area contributed by atoms with Crippen molar-refractivity contribution in [3.63, 3.8) is 0 Å². The minimum absolute atomic E-state index is 0.0289. The Morgan fingerprint density at radius 1 is 1.50 bits per heavy atom. The van der Waals surface area contributed by atoms with Gasteiger partial charge in [-0.05, 0) is 34.7 Å². The maximum atomic E-state index is 10.3. The van der Waals surface area contributed by atoms with Crippen molar-refractivity contribution in [2.24, 2.45) is 0 Å². The normalized spacial score (nSPS) is 9.42. The van der Waals surface area contributed by atoms with E-state index in [0.29, 0.717) is 15.4 Å². The highest BCUT2D eigenvalue weighted by molar-refractivity contribution is 14.1. The Balaban J connectivity index is 3.20. The summed E-state index contributed by atoms with van der Waals surface area (Å²) in [5.41, 5.74) is 0.478. The number of nitro benzene ring substituents is 1. The van der Waals surface area contributed by atoms with Crippen LogP contribution in [0.2, 0.25) is 0 Å². The van der Waals surface area contributed by atoms with Gasteiger partial charge >= 0.3 is 0 Å². The van der Waals surface area contributed by atoms with Gasteiger partial charge in [0, 0.05) is 11.6 Å². The van der Waals surface area contributed by atoms with Crippen molar-refractivity contribution >= 4 is 34.6 Å². The molecule has 0 bridgehead atoms. The number of hydrogen-bond donors (Lipinski definition) is 0. The van der Waals surface area contributed by atoms with Gasteiger partial charge in [0.15, 0.2) is 0 Å². The van der Waals surface area contributed by atoms with Gasteiger partial charge in [-0.15, -0.1) is 0 Å². The number of hydrogen-bond acceptors (Lipinski definition) is 3. The van der Waals surface area contributed by atoms with Crippen molar-refractivity contribution in [2.45, 2.75) is 0 Å². The molecular formula is C7H4INO3. The van der Waals surface area contributed by atoms with Gasteiger partial charge < -0.3 is 0 Å². The molecule has 1 aromatic rings. The van der Waals surface area contributed by atoms with Gasteiger partial charge in [0.25, 0.3) is 5.69 Å². The van der Waals surface area contributed by atoms with E-state index in [2.05, 4.69) is 0 Å². The predicted molar refractivity (Wildman–Crippen MR) is 51.2 cm³/mol. The van der Waals surface area contributed by atoms with Gasteiger partial charge in [-0.2, -0.15) is 0 Å². The molecule has 0 aliphatic heterocycles. The van der Waals surface area contributed by atoms with Crippen LogP contribution in [-0.4, -0.2) is 11.2 Å². The van der Waals surface area contributed by atoms with E-state index in [0.717, 1.165) is 0 Å². The molecule has 0 amide bonds. The van der Waals surface area contributed by atoms with Crippen LogP contribution in [0.4, 0.5) is 5.69 Å². The highest BCUT2D eigenvalue weighted by atomic mass is 127. The molecule has 0 aliphatic rings. The maximum absolute atomic E-state index is 10.3. The first-order valence-electron chi connectivity index (χ1n) is 3.04. The number of carbonyl (C=O) groups excluding carboxylic acids is 1. The number of nitro groups is 1. The van der Waals surface area contributed by atoms with Crippen LogP contribution in [0, 0.1) is 13.7 Å². The van der Waals surface area contributed by atoms with Crippen molar-refractivity contribution in [3.8, 4) is 0 Å². The van der Waals surface area contributed by atoms with E-state index in [1.54, 1.807) is 0 Å². The lowest BCUT2D eigenvalue weighted by atomic mass is 10.2. The van der Waals surface area contributed by atoms with E-state index in [9.17, 15) is 14.9 Å². The number of rotatable bonds is 2. The van der Waals surface area contributed by atoms with Gasteiger partial charge in [0.05, 0.1) is 8.49 Å². The first-order valence-corrected chi connectivity index (χ1v) is 4.12. The lowest BCUT2D eigenvalue weighted by Gasteiger charge is -1.94. The predicted octanol–water partition coefficient (Wildman–Crippen LogP) is 2.01. The molecular weight excluding hydrogens is 273 g/mol. The van der Waals surface area contributed by atoms with Crippen LogP contribution in [0.5, 0.6) is 0 Å². The van der Waals surface area contributed by atoms with E-state index in [-0.39, 0.29) is 5.69 Å². The molecule has 0 spiro atoms. The molecule has 0 saturated heterocycles. The number of carbonyl (C=O) groups is 1. The van der Waals surface area contributed by atoms with Crippen molar-refractivity contribution in [3.05, 3.63) is 37.4 Å². The fourth-order valence-electron chi connectivity index (χ4n) is 0.745. The molecule has 0 aromatic heterocycles. The Morgan fingerprint density at radius 3 is 2.58 bits per heavy atom. The number of nitrogens with zero attached hydrogens (tertiary/aromatic N) is 1. The lowest BCUT2D eigenvalue weighted by molar-refractivity contribution is -0.385. The van der Waals surface area contributed by atoms with E-state index in [4.69, 9.17) is 0 Å². The Kier molecular flexibility index (Phi) is 2.74. The minimum atomic E-state index is -0.476. The van der Waals surface area contributed by atoms with E-state index < -0.39 is 4.92 Å². The summed E-state index contributed by atoms with van der Waals surface area (Å²) in [4.78, 5) is 20.1. The van der Waals surface area contributed by atoms with Gasteiger partial charge in [-0.1, -0.05) is 0 Å². The summed E-state index contributed by atoms with van der Waals surface area (Å²) in [5.74, 6) is 0. The summed E-state index contributed by atoms with van der Waals surface area (Å²) in [6.45, 7) is 0. The maximum Gasteiger partial charge on any atom is 0.282 e. The molecule has 1 rings (SSSR count). The summed E-state index contributed by atoms with van der Waals surface area (Å²) in [5, 5.41) is 10.3. The number of halogens is 1. The zero-order chi connectivity index (χ0) is 9.14. The third-order valence-electron chi connectivity index (χ3n) is 1.30. The topological polar surface area (TPSA) is 60.2 Å². The lowest BCUT2D eigenvalue weighted by Crippen LogP contribution is -1.92. The van der Waals surface area contributed by atoms with Crippen LogP contribution < -0.4 is 0 Å². The van der Waals surface area contributed by atoms with Crippen LogP contribution >= 0.6 is 22.6 Å². The summed E-state index contributed by atoms with van der Waals surface area (Å²) in [6, 6.07) is 4.23. The van der Waals surface area contributed by atoms with E-state index in [1.807, 2.05) is 22.6 Å². The zero-order valence-corrected chi connectivity index (χ0v) is 8.02. The number of aldehydes is 1. The quantitative estimate of drug-likeness (QED) is 0.359. The third-order valence-corrected chi connectivity index (χ3v) is 2.17. The number of benzene rings is 1. The van der Waals surface area contributed by atoms with E-state index >= 15 is 0 Å². The van der Waals surface area contributed by atoms with Crippen LogP contribution in [0.3, 0.4) is 0 Å². The highest BCUT2D eigenvalue weighted by Crippen LogP contribution is 2.20. The smallest absolute Gasteiger partial charge is 0.282 e. The molecule has 0 aliphatic carbocycles. The average Bonchev–Trinajstić information content (AvgIpc) is 2.03. The Morgan fingerprint density at radius 2 is 2.17 bits per heavy atom. The van der Waals surface area contributed by atoms with Crippen molar-refractivity contribution < 1.29 is 9.72 Å². The fraction of sp³-hybridized carbons (Fsp3) is 0. The molecule has 1 aromatic carbocycles. The standard InChI is InChI=1S/C7H4INO3/c8-6-3-5(4-10)1-2-7(6)9(11)12/h1-4H. The summed E-state index contributed by atoms with van der Waals surface area (Å²) in [6.07, 6.45) is 0.659. The second kappa shape index (κ2) is 3.61. The highest BCUT2D eigenvalue weighted by Gasteiger charge is 2.10. The molecule has 5 heteroatoms. The molecule has 4 nitrogen and oxygen atoms in total. The zero-order valence-electron chi connectivity index (χ0n) is 5.86. The molecule has 0 fully saturated rings. The second-order valence-corrected chi connectivity index (χ2v) is 3.25.